The molecule has 1 aromatic carbocycles. The average Bonchev–Trinajstić information content (AvgIpc) is 2.74. The Morgan fingerprint density at radius 2 is 1.87 bits per heavy atom. The van der Waals surface area contributed by atoms with E-state index in [0.717, 1.165) is 0 Å². The number of carboxylic acids is 1. The van der Waals surface area contributed by atoms with Crippen molar-refractivity contribution in [1.82, 2.24) is 15.3 Å². The molecule has 0 saturated carbocycles. The number of anilines is 2. The molecule has 2 aromatic rings. The first-order valence-electron chi connectivity index (χ1n) is 10.2. The fourth-order valence-electron chi connectivity index (χ4n) is 3.11. The molecule has 1 fully saturated rings. The maximum atomic E-state index is 11.9. The van der Waals surface area contributed by atoms with Gasteiger partial charge in [0.15, 0.2) is 23.1 Å². The number of benzene rings is 1. The van der Waals surface area contributed by atoms with Crippen molar-refractivity contribution in [2.45, 2.75) is 26.8 Å². The first kappa shape index (κ1) is 22.3. The number of ether oxygens (including phenoxy) is 2. The molecule has 0 spiro atoms. The predicted molar refractivity (Wildman–Crippen MR) is 116 cm³/mol. The summed E-state index contributed by atoms with van der Waals surface area (Å²) in [6, 6.07) is 6.60. The summed E-state index contributed by atoms with van der Waals surface area (Å²) in [7, 11) is 0. The lowest BCUT2D eigenvalue weighted by Crippen LogP contribution is -2.37. The second-order valence-corrected chi connectivity index (χ2v) is 7.22. The van der Waals surface area contributed by atoms with E-state index in [4.69, 9.17) is 9.47 Å². The topological polar surface area (TPSA) is 126 Å². The summed E-state index contributed by atoms with van der Waals surface area (Å²) in [5.41, 5.74) is 1.03. The van der Waals surface area contributed by atoms with Gasteiger partial charge >= 0.3 is 12.0 Å². The highest BCUT2D eigenvalue weighted by atomic mass is 16.5. The van der Waals surface area contributed by atoms with Crippen LogP contribution < -0.4 is 20.3 Å². The summed E-state index contributed by atoms with van der Waals surface area (Å²) >= 11 is 0. The molecule has 0 bridgehead atoms. The van der Waals surface area contributed by atoms with Gasteiger partial charge in [0, 0.05) is 30.4 Å². The van der Waals surface area contributed by atoms with Gasteiger partial charge in [-0.25, -0.2) is 19.6 Å². The molecule has 0 aliphatic carbocycles. The number of urea groups is 1. The van der Waals surface area contributed by atoms with Crippen LogP contribution in [-0.2, 0) is 4.74 Å². The van der Waals surface area contributed by atoms with Crippen LogP contribution in [0.4, 0.5) is 16.3 Å². The minimum absolute atomic E-state index is 0.0181. The van der Waals surface area contributed by atoms with E-state index in [2.05, 4.69) is 20.6 Å². The van der Waals surface area contributed by atoms with Gasteiger partial charge in [-0.3, -0.25) is 0 Å². The normalized spacial score (nSPS) is 13.7. The summed E-state index contributed by atoms with van der Waals surface area (Å²) in [6.07, 6.45) is 0. The molecule has 1 aromatic heterocycles. The van der Waals surface area contributed by atoms with Crippen molar-refractivity contribution in [1.29, 1.82) is 0 Å². The number of amides is 2. The van der Waals surface area contributed by atoms with Crippen molar-refractivity contribution in [2.24, 2.45) is 0 Å². The van der Waals surface area contributed by atoms with Crippen molar-refractivity contribution < 1.29 is 24.2 Å². The Kier molecular flexibility index (Phi) is 7.24. The second kappa shape index (κ2) is 10.1. The fourth-order valence-corrected chi connectivity index (χ4v) is 3.11. The first-order chi connectivity index (χ1) is 14.9. The molecule has 2 amide bonds. The molecular weight excluding hydrogens is 402 g/mol. The van der Waals surface area contributed by atoms with Gasteiger partial charge < -0.3 is 30.1 Å². The highest BCUT2D eigenvalue weighted by molar-refractivity contribution is 5.92. The van der Waals surface area contributed by atoms with Crippen molar-refractivity contribution in [2.75, 3.05) is 43.1 Å². The first-order valence-corrected chi connectivity index (χ1v) is 10.2. The number of hydrogen-bond donors (Lipinski definition) is 3. The highest BCUT2D eigenvalue weighted by Crippen LogP contribution is 2.33. The number of carbonyl (C=O) groups is 2. The van der Waals surface area contributed by atoms with Crippen molar-refractivity contribution in [3.8, 4) is 17.1 Å². The zero-order valence-corrected chi connectivity index (χ0v) is 17.8. The van der Waals surface area contributed by atoms with Crippen LogP contribution in [0.1, 0.15) is 31.3 Å². The van der Waals surface area contributed by atoms with Crippen LogP contribution >= 0.6 is 0 Å². The summed E-state index contributed by atoms with van der Waals surface area (Å²) in [5, 5.41) is 15.2. The molecule has 0 unspecified atom stereocenters. The average molecular weight is 429 g/mol. The molecule has 3 N–H and O–H groups in total. The molecule has 2 heterocycles. The van der Waals surface area contributed by atoms with Crippen molar-refractivity contribution >= 4 is 23.5 Å². The zero-order valence-electron chi connectivity index (χ0n) is 17.8. The fraction of sp³-hybridized carbons (Fsp3) is 0.429. The van der Waals surface area contributed by atoms with E-state index in [1.807, 2.05) is 18.7 Å². The van der Waals surface area contributed by atoms with Crippen LogP contribution in [0.15, 0.2) is 24.3 Å². The van der Waals surface area contributed by atoms with Gasteiger partial charge in [0.05, 0.1) is 19.8 Å². The van der Waals surface area contributed by atoms with E-state index >= 15 is 0 Å². The minimum atomic E-state index is -1.19. The van der Waals surface area contributed by atoms with Crippen molar-refractivity contribution in [3.05, 3.63) is 30.0 Å². The Bertz CT molecular complexity index is 927. The molecule has 1 aliphatic rings. The monoisotopic (exact) mass is 429 g/mol. The zero-order chi connectivity index (χ0) is 22.4. The third kappa shape index (κ3) is 5.60. The summed E-state index contributed by atoms with van der Waals surface area (Å²) in [5.74, 6) is -0.332. The molecule has 10 heteroatoms. The molecule has 10 nitrogen and oxygen atoms in total. The third-order valence-electron chi connectivity index (χ3n) is 4.47. The quantitative estimate of drug-likeness (QED) is 0.613. The molecule has 1 saturated heterocycles. The van der Waals surface area contributed by atoms with Crippen LogP contribution in [-0.4, -0.2) is 66.0 Å². The summed E-state index contributed by atoms with van der Waals surface area (Å²) < 4.78 is 11.0. The van der Waals surface area contributed by atoms with E-state index in [-0.39, 0.29) is 29.3 Å². The maximum absolute atomic E-state index is 11.9. The van der Waals surface area contributed by atoms with E-state index in [9.17, 15) is 14.7 Å². The Labute approximate surface area is 180 Å². The minimum Gasteiger partial charge on any atom is -0.488 e. The molecule has 0 atom stereocenters. The highest BCUT2D eigenvalue weighted by Gasteiger charge is 2.26. The van der Waals surface area contributed by atoms with Gasteiger partial charge in [-0.2, -0.15) is 0 Å². The maximum Gasteiger partial charge on any atom is 0.358 e. The Hall–Kier alpha value is -3.40. The number of carbonyl (C=O) groups excluding carboxylic acids is 1. The number of aromatic nitrogens is 2. The van der Waals surface area contributed by atoms with Crippen molar-refractivity contribution in [3.63, 3.8) is 0 Å². The van der Waals surface area contributed by atoms with Gasteiger partial charge in [-0.1, -0.05) is 0 Å². The standard InChI is InChI=1S/C21H27N5O5/c1-4-31-17-16(20(27)28)24-18(25-19(17)26-9-11-30-12-10-26)14-5-7-15(8-6-14)23-21(29)22-13(2)3/h5-8,13H,4,9-12H2,1-3H3,(H,27,28)(H2,22,23,29). The predicted octanol–water partition coefficient (Wildman–Crippen LogP) is 2.61. The molecule has 1 aliphatic heterocycles. The summed E-state index contributed by atoms with van der Waals surface area (Å²) in [6.45, 7) is 8.00. The molecule has 31 heavy (non-hydrogen) atoms. The number of nitrogens with zero attached hydrogens (tertiary/aromatic N) is 3. The van der Waals surface area contributed by atoms with E-state index < -0.39 is 5.97 Å². The van der Waals surface area contributed by atoms with Crippen LogP contribution in [0.5, 0.6) is 5.75 Å². The van der Waals surface area contributed by atoms with Crippen LogP contribution in [0, 0.1) is 0 Å². The number of hydrogen-bond acceptors (Lipinski definition) is 7. The van der Waals surface area contributed by atoms with E-state index in [1.54, 1.807) is 31.2 Å². The molecule has 0 radical (unpaired) electrons. The van der Waals surface area contributed by atoms with Gasteiger partial charge in [-0.15, -0.1) is 0 Å². The number of nitrogens with one attached hydrogen (secondary N) is 2. The second-order valence-electron chi connectivity index (χ2n) is 7.22. The Balaban J connectivity index is 1.95. The van der Waals surface area contributed by atoms with Crippen LogP contribution in [0.3, 0.4) is 0 Å². The van der Waals surface area contributed by atoms with Gasteiger partial charge in [0.1, 0.15) is 0 Å². The number of rotatable bonds is 7. The lowest BCUT2D eigenvalue weighted by Gasteiger charge is -2.29. The lowest BCUT2D eigenvalue weighted by atomic mass is 10.2. The van der Waals surface area contributed by atoms with Gasteiger partial charge in [0.25, 0.3) is 0 Å². The Morgan fingerprint density at radius 1 is 1.19 bits per heavy atom. The SMILES string of the molecule is CCOc1c(C(=O)O)nc(-c2ccc(NC(=O)NC(C)C)cc2)nc1N1CCOCC1. The number of morpholine rings is 1. The molecular formula is C21H27N5O5. The van der Waals surface area contributed by atoms with Gasteiger partial charge in [-0.05, 0) is 45.0 Å². The van der Waals surface area contributed by atoms with E-state index in [1.165, 1.54) is 0 Å². The van der Waals surface area contributed by atoms with Gasteiger partial charge in [0.2, 0.25) is 0 Å². The molecule has 166 valence electrons. The lowest BCUT2D eigenvalue weighted by molar-refractivity contribution is 0.0685. The number of aromatic carboxylic acids is 1. The van der Waals surface area contributed by atoms with E-state index in [0.29, 0.717) is 50.0 Å². The summed E-state index contributed by atoms with van der Waals surface area (Å²) in [4.78, 5) is 34.6. The number of carboxylic acid groups (broad SMARTS) is 1. The smallest absolute Gasteiger partial charge is 0.358 e. The van der Waals surface area contributed by atoms with Crippen LogP contribution in [0.25, 0.3) is 11.4 Å². The van der Waals surface area contributed by atoms with Crippen LogP contribution in [0.2, 0.25) is 0 Å². The Morgan fingerprint density at radius 3 is 2.45 bits per heavy atom. The largest absolute Gasteiger partial charge is 0.488 e. The molecule has 3 rings (SSSR count). The third-order valence-corrected chi connectivity index (χ3v) is 4.47.